The molecule has 5 rings (SSSR count). The Balaban J connectivity index is 1.86. The molecule has 0 spiro atoms. The Labute approximate surface area is 193 Å². The lowest BCUT2D eigenvalue weighted by atomic mass is 10.1. The lowest BCUT2D eigenvalue weighted by Gasteiger charge is -2.14. The van der Waals surface area contributed by atoms with E-state index in [0.29, 0.717) is 0 Å². The van der Waals surface area contributed by atoms with Crippen LogP contribution in [0.3, 0.4) is 0 Å². The summed E-state index contributed by atoms with van der Waals surface area (Å²) in [7, 11) is 0. The maximum absolute atomic E-state index is 4.99. The van der Waals surface area contributed by atoms with Gasteiger partial charge in [0.2, 0.25) is 0 Å². The number of hydrogen-bond donors (Lipinski definition) is 0. The largest absolute Gasteiger partial charge is 0.309 e. The zero-order chi connectivity index (χ0) is 22.8. The van der Waals surface area contributed by atoms with Gasteiger partial charge in [-0.25, -0.2) is 4.98 Å². The van der Waals surface area contributed by atoms with Crippen molar-refractivity contribution in [2.24, 2.45) is 0 Å². The third kappa shape index (κ3) is 3.76. The van der Waals surface area contributed by atoms with Crippen molar-refractivity contribution in [2.45, 2.75) is 13.8 Å². The molecule has 5 aromatic rings. The van der Waals surface area contributed by atoms with Crippen LogP contribution in [0, 0.1) is 6.92 Å². The molecule has 1 aromatic carbocycles. The summed E-state index contributed by atoms with van der Waals surface area (Å²) in [5.74, 6) is 0. The molecule has 0 bridgehead atoms. The SMILES string of the molecule is C=Cc1c(/C=C\C)n(-c2cc(-c3ccncc3)nc(-c3ccncc3)c2)c2ccc(C)cc12. The topological polar surface area (TPSA) is 43.6 Å². The summed E-state index contributed by atoms with van der Waals surface area (Å²) in [6.45, 7) is 8.28. The van der Waals surface area contributed by atoms with Gasteiger partial charge in [-0.05, 0) is 68.5 Å². The first-order chi connectivity index (χ1) is 16.2. The van der Waals surface area contributed by atoms with E-state index >= 15 is 0 Å². The van der Waals surface area contributed by atoms with Crippen LogP contribution >= 0.6 is 0 Å². The fraction of sp³-hybridized carbons (Fsp3) is 0.0690. The molecule has 0 amide bonds. The minimum Gasteiger partial charge on any atom is -0.309 e. The van der Waals surface area contributed by atoms with Crippen LogP contribution in [0.2, 0.25) is 0 Å². The Morgan fingerprint density at radius 1 is 0.818 bits per heavy atom. The Morgan fingerprint density at radius 3 is 1.97 bits per heavy atom. The molecule has 4 heterocycles. The second kappa shape index (κ2) is 8.67. The second-order valence-corrected chi connectivity index (χ2v) is 7.93. The van der Waals surface area contributed by atoms with E-state index in [-0.39, 0.29) is 0 Å². The summed E-state index contributed by atoms with van der Waals surface area (Å²) < 4.78 is 2.29. The molecule has 0 aliphatic heterocycles. The summed E-state index contributed by atoms with van der Waals surface area (Å²) in [6.07, 6.45) is 13.3. The average Bonchev–Trinajstić information content (AvgIpc) is 3.17. The normalized spacial score (nSPS) is 11.3. The smallest absolute Gasteiger partial charge is 0.0731 e. The van der Waals surface area contributed by atoms with Crippen molar-refractivity contribution in [1.29, 1.82) is 0 Å². The van der Waals surface area contributed by atoms with Gasteiger partial charge in [0, 0.05) is 46.9 Å². The summed E-state index contributed by atoms with van der Waals surface area (Å²) in [6, 6.07) is 18.8. The predicted molar refractivity (Wildman–Crippen MR) is 137 cm³/mol. The lowest BCUT2D eigenvalue weighted by molar-refractivity contribution is 1.09. The van der Waals surface area contributed by atoms with Crippen LogP contribution in [0.1, 0.15) is 23.7 Å². The summed E-state index contributed by atoms with van der Waals surface area (Å²) in [5.41, 5.74) is 9.44. The first kappa shape index (κ1) is 20.6. The quantitative estimate of drug-likeness (QED) is 0.299. The highest BCUT2D eigenvalue weighted by Gasteiger charge is 2.17. The molecule has 4 aromatic heterocycles. The molecular formula is C29H24N4. The molecule has 4 heteroatoms. The number of rotatable bonds is 5. The monoisotopic (exact) mass is 428 g/mol. The van der Waals surface area contributed by atoms with E-state index in [0.717, 1.165) is 45.0 Å². The molecule has 0 aliphatic rings. The average molecular weight is 429 g/mol. The van der Waals surface area contributed by atoms with Crippen LogP contribution in [0.25, 0.3) is 51.3 Å². The molecule has 4 nitrogen and oxygen atoms in total. The Bertz CT molecular complexity index is 1420. The Hall–Kier alpha value is -4.31. The minimum atomic E-state index is 0.891. The van der Waals surface area contributed by atoms with Gasteiger partial charge in [-0.1, -0.05) is 30.4 Å². The van der Waals surface area contributed by atoms with Crippen molar-refractivity contribution >= 4 is 23.1 Å². The van der Waals surface area contributed by atoms with Gasteiger partial charge in [0.05, 0.1) is 28.3 Å². The standard InChI is InChI=1S/C29H24N4/c1-4-6-28-24(5-2)25-17-20(3)7-8-29(25)33(28)23-18-26(21-9-13-30-14-10-21)32-27(19-23)22-11-15-31-16-12-22/h4-19H,2H2,1,3H3/b6-4-. The van der Waals surface area contributed by atoms with E-state index in [1.165, 1.54) is 10.9 Å². The molecule has 0 aliphatic carbocycles. The molecule has 0 unspecified atom stereocenters. The number of fused-ring (bicyclic) bond motifs is 1. The number of benzene rings is 1. The van der Waals surface area contributed by atoms with Gasteiger partial charge in [-0.15, -0.1) is 0 Å². The van der Waals surface area contributed by atoms with Gasteiger partial charge < -0.3 is 4.57 Å². The maximum atomic E-state index is 4.99. The van der Waals surface area contributed by atoms with Gasteiger partial charge in [0.1, 0.15) is 0 Å². The molecule has 0 N–H and O–H groups in total. The molecule has 0 saturated carbocycles. The van der Waals surface area contributed by atoms with E-state index in [1.807, 2.05) is 37.3 Å². The van der Waals surface area contributed by atoms with Crippen LogP contribution in [0.15, 0.2) is 92.0 Å². The van der Waals surface area contributed by atoms with Crippen molar-refractivity contribution in [3.63, 3.8) is 0 Å². The molecule has 33 heavy (non-hydrogen) atoms. The first-order valence-corrected chi connectivity index (χ1v) is 10.9. The first-order valence-electron chi connectivity index (χ1n) is 10.9. The van der Waals surface area contributed by atoms with E-state index in [1.54, 1.807) is 24.8 Å². The summed E-state index contributed by atoms with van der Waals surface area (Å²) in [5, 5.41) is 1.19. The van der Waals surface area contributed by atoms with Crippen LogP contribution in [0.4, 0.5) is 0 Å². The minimum absolute atomic E-state index is 0.891. The van der Waals surface area contributed by atoms with E-state index < -0.39 is 0 Å². The van der Waals surface area contributed by atoms with E-state index in [2.05, 4.69) is 70.5 Å². The molecular weight excluding hydrogens is 404 g/mol. The number of aromatic nitrogens is 4. The second-order valence-electron chi connectivity index (χ2n) is 7.93. The van der Waals surface area contributed by atoms with E-state index in [9.17, 15) is 0 Å². The van der Waals surface area contributed by atoms with Crippen molar-refractivity contribution in [3.8, 4) is 28.2 Å². The zero-order valence-corrected chi connectivity index (χ0v) is 18.7. The van der Waals surface area contributed by atoms with Gasteiger partial charge in [-0.2, -0.15) is 0 Å². The fourth-order valence-corrected chi connectivity index (χ4v) is 4.25. The van der Waals surface area contributed by atoms with E-state index in [4.69, 9.17) is 4.98 Å². The van der Waals surface area contributed by atoms with Crippen molar-refractivity contribution in [3.05, 3.63) is 109 Å². The lowest BCUT2D eigenvalue weighted by Crippen LogP contribution is -2.00. The highest BCUT2D eigenvalue weighted by Crippen LogP contribution is 2.34. The fourth-order valence-electron chi connectivity index (χ4n) is 4.25. The van der Waals surface area contributed by atoms with Crippen molar-refractivity contribution < 1.29 is 0 Å². The van der Waals surface area contributed by atoms with Gasteiger partial charge in [0.25, 0.3) is 0 Å². The van der Waals surface area contributed by atoms with Crippen LogP contribution in [0.5, 0.6) is 0 Å². The van der Waals surface area contributed by atoms with Crippen LogP contribution < -0.4 is 0 Å². The van der Waals surface area contributed by atoms with Crippen molar-refractivity contribution in [2.75, 3.05) is 0 Å². The molecule has 0 fully saturated rings. The summed E-state index contributed by atoms with van der Waals surface area (Å²) in [4.78, 5) is 13.3. The number of aryl methyl sites for hydroxylation is 1. The van der Waals surface area contributed by atoms with Crippen LogP contribution in [-0.2, 0) is 0 Å². The molecule has 0 saturated heterocycles. The third-order valence-corrected chi connectivity index (χ3v) is 5.75. The van der Waals surface area contributed by atoms with Crippen LogP contribution in [-0.4, -0.2) is 19.5 Å². The highest BCUT2D eigenvalue weighted by atomic mass is 15.0. The summed E-state index contributed by atoms with van der Waals surface area (Å²) >= 11 is 0. The molecule has 160 valence electrons. The van der Waals surface area contributed by atoms with Gasteiger partial charge in [0.15, 0.2) is 0 Å². The van der Waals surface area contributed by atoms with Crippen molar-refractivity contribution in [1.82, 2.24) is 19.5 Å². The maximum Gasteiger partial charge on any atom is 0.0731 e. The Kier molecular flexibility index (Phi) is 5.41. The third-order valence-electron chi connectivity index (χ3n) is 5.75. The Morgan fingerprint density at radius 2 is 1.42 bits per heavy atom. The molecule has 0 atom stereocenters. The zero-order valence-electron chi connectivity index (χ0n) is 18.7. The number of pyridine rings is 3. The van der Waals surface area contributed by atoms with Gasteiger partial charge >= 0.3 is 0 Å². The predicted octanol–water partition coefficient (Wildman–Crippen LogP) is 7.13. The number of allylic oxidation sites excluding steroid dienone is 1. The van der Waals surface area contributed by atoms with Gasteiger partial charge in [-0.3, -0.25) is 9.97 Å². The number of nitrogens with zero attached hydrogens (tertiary/aromatic N) is 4. The highest BCUT2D eigenvalue weighted by molar-refractivity contribution is 5.96. The molecule has 0 radical (unpaired) electrons. The number of hydrogen-bond acceptors (Lipinski definition) is 3.